The minimum absolute atomic E-state index is 0.186. The molecular weight excluding hydrogens is 381 g/mol. The molecule has 0 aromatic heterocycles. The van der Waals surface area contributed by atoms with Gasteiger partial charge in [0, 0.05) is 30.3 Å². The molecule has 5 nitrogen and oxygen atoms in total. The number of likely N-dealkylation sites (N-methyl/N-ethyl adjacent to an activating group) is 1. The zero-order valence-electron chi connectivity index (χ0n) is 16.8. The number of carbonyl (C=O) groups excluding carboxylic acids is 1. The van der Waals surface area contributed by atoms with Crippen LogP contribution in [-0.4, -0.2) is 29.6 Å². The molecule has 3 aliphatic heterocycles. The van der Waals surface area contributed by atoms with Gasteiger partial charge in [0.1, 0.15) is 0 Å². The minimum atomic E-state index is -4.47. The molecule has 154 valence electrons. The predicted octanol–water partition coefficient (Wildman–Crippen LogP) is 4.53. The number of nitrogens with one attached hydrogen (secondary N) is 1. The Morgan fingerprint density at radius 3 is 2.69 bits per heavy atom. The predicted molar refractivity (Wildman–Crippen MR) is 102 cm³/mol. The van der Waals surface area contributed by atoms with Gasteiger partial charge in [-0.15, -0.1) is 0 Å². The van der Waals surface area contributed by atoms with E-state index in [9.17, 15) is 18.0 Å². The average molecular weight is 404 g/mol. The van der Waals surface area contributed by atoms with Gasteiger partial charge in [0.25, 0.3) is 5.91 Å². The highest BCUT2D eigenvalue weighted by Crippen LogP contribution is 2.52. The van der Waals surface area contributed by atoms with E-state index < -0.39 is 28.9 Å². The van der Waals surface area contributed by atoms with Crippen molar-refractivity contribution in [3.8, 4) is 0 Å². The summed E-state index contributed by atoms with van der Waals surface area (Å²) in [6.07, 6.45) is -2.39. The summed E-state index contributed by atoms with van der Waals surface area (Å²) in [4.78, 5) is 15.2. The zero-order valence-corrected chi connectivity index (χ0v) is 16.8. The van der Waals surface area contributed by atoms with Crippen LogP contribution in [0, 0.1) is 0 Å². The van der Waals surface area contributed by atoms with E-state index in [0.717, 1.165) is 17.8 Å². The van der Waals surface area contributed by atoms with Crippen molar-refractivity contribution in [2.24, 2.45) is 10.2 Å². The van der Waals surface area contributed by atoms with Crippen molar-refractivity contribution in [2.75, 3.05) is 7.05 Å². The molecule has 0 bridgehead atoms. The first-order valence-electron chi connectivity index (χ1n) is 9.59. The molecule has 0 radical (unpaired) electrons. The van der Waals surface area contributed by atoms with Crippen LogP contribution >= 0.6 is 0 Å². The molecule has 0 spiro atoms. The van der Waals surface area contributed by atoms with E-state index in [1.807, 2.05) is 20.8 Å². The molecule has 29 heavy (non-hydrogen) atoms. The molecule has 0 aliphatic carbocycles. The second-order valence-electron chi connectivity index (χ2n) is 8.41. The third kappa shape index (κ3) is 2.72. The van der Waals surface area contributed by atoms with Crippen LogP contribution in [0.2, 0.25) is 0 Å². The number of alkyl halides is 3. The number of rotatable bonds is 2. The van der Waals surface area contributed by atoms with E-state index in [1.165, 1.54) is 6.07 Å². The maximum absolute atomic E-state index is 13.5. The maximum atomic E-state index is 13.5. The van der Waals surface area contributed by atoms with Gasteiger partial charge in [0.15, 0.2) is 6.17 Å². The molecule has 0 saturated carbocycles. The van der Waals surface area contributed by atoms with Gasteiger partial charge in [-0.3, -0.25) is 4.79 Å². The van der Waals surface area contributed by atoms with E-state index in [-0.39, 0.29) is 5.91 Å². The summed E-state index contributed by atoms with van der Waals surface area (Å²) >= 11 is 0. The van der Waals surface area contributed by atoms with E-state index in [2.05, 4.69) is 15.5 Å². The Morgan fingerprint density at radius 1 is 1.31 bits per heavy atom. The minimum Gasteiger partial charge on any atom is -0.362 e. The third-order valence-corrected chi connectivity index (χ3v) is 6.45. The van der Waals surface area contributed by atoms with Gasteiger partial charge in [-0.2, -0.15) is 23.4 Å². The number of halogens is 3. The second-order valence-corrected chi connectivity index (χ2v) is 8.41. The lowest BCUT2D eigenvalue weighted by molar-refractivity contribution is -0.137. The smallest absolute Gasteiger partial charge is 0.362 e. The van der Waals surface area contributed by atoms with Crippen molar-refractivity contribution in [1.29, 1.82) is 0 Å². The highest BCUT2D eigenvalue weighted by molar-refractivity contribution is 6.00. The van der Waals surface area contributed by atoms with Crippen LogP contribution in [0.15, 0.2) is 57.5 Å². The van der Waals surface area contributed by atoms with Crippen molar-refractivity contribution in [3.05, 3.63) is 58.4 Å². The van der Waals surface area contributed by atoms with Gasteiger partial charge < -0.3 is 10.2 Å². The van der Waals surface area contributed by atoms with E-state index in [1.54, 1.807) is 24.2 Å². The highest BCUT2D eigenvalue weighted by Gasteiger charge is 2.54. The Bertz CT molecular complexity index is 976. The number of nitrogens with zero attached hydrogens (tertiary/aromatic N) is 3. The summed E-state index contributed by atoms with van der Waals surface area (Å²) in [5.41, 5.74) is 0.208. The highest BCUT2D eigenvalue weighted by atomic mass is 19.4. The lowest BCUT2D eigenvalue weighted by atomic mass is 9.61. The van der Waals surface area contributed by atoms with Gasteiger partial charge >= 0.3 is 6.18 Å². The van der Waals surface area contributed by atoms with E-state index in [4.69, 9.17) is 0 Å². The second kappa shape index (κ2) is 6.18. The standard InChI is InChI=1S/C21H23F3N4O/c1-5-20(12-7-6-8-13(9-12)21(22,23)24)14-11-25-27-17(14)26-15-10-19(2,3)28(4)18(29)16(15)20/h6-9,11,17,26H,5,10H2,1-4H3. The van der Waals surface area contributed by atoms with Crippen LogP contribution < -0.4 is 5.32 Å². The fourth-order valence-corrected chi connectivity index (χ4v) is 4.69. The average Bonchev–Trinajstić information content (AvgIpc) is 3.12. The first-order chi connectivity index (χ1) is 13.5. The normalized spacial score (nSPS) is 28.1. The Morgan fingerprint density at radius 2 is 2.03 bits per heavy atom. The molecule has 2 unspecified atom stereocenters. The molecule has 1 N–H and O–H groups in total. The molecule has 1 aromatic carbocycles. The molecule has 0 fully saturated rings. The molecule has 1 aromatic rings. The molecule has 8 heteroatoms. The van der Waals surface area contributed by atoms with Gasteiger partial charge in [-0.25, -0.2) is 0 Å². The van der Waals surface area contributed by atoms with Crippen LogP contribution in [0.5, 0.6) is 0 Å². The van der Waals surface area contributed by atoms with E-state index in [0.29, 0.717) is 29.6 Å². The lowest BCUT2D eigenvalue weighted by Gasteiger charge is -2.51. The quantitative estimate of drug-likeness (QED) is 0.788. The summed E-state index contributed by atoms with van der Waals surface area (Å²) in [5, 5.41) is 11.6. The summed E-state index contributed by atoms with van der Waals surface area (Å²) in [6, 6.07) is 5.27. The van der Waals surface area contributed by atoms with Crippen molar-refractivity contribution in [1.82, 2.24) is 10.2 Å². The zero-order chi connectivity index (χ0) is 21.2. The van der Waals surface area contributed by atoms with Crippen molar-refractivity contribution in [2.45, 2.75) is 56.9 Å². The Kier molecular flexibility index (Phi) is 4.19. The number of benzene rings is 1. The van der Waals surface area contributed by atoms with Crippen molar-refractivity contribution >= 4 is 5.91 Å². The number of hydrogen-bond acceptors (Lipinski definition) is 4. The maximum Gasteiger partial charge on any atom is 0.416 e. The first-order valence-corrected chi connectivity index (χ1v) is 9.59. The Balaban J connectivity index is 2.00. The molecule has 0 saturated heterocycles. The number of amides is 1. The summed E-state index contributed by atoms with van der Waals surface area (Å²) in [7, 11) is 1.74. The molecular formula is C21H23F3N4O. The molecule has 2 atom stereocenters. The summed E-state index contributed by atoms with van der Waals surface area (Å²) < 4.78 is 40.4. The molecule has 1 amide bonds. The van der Waals surface area contributed by atoms with Gasteiger partial charge in [-0.05, 0) is 31.9 Å². The molecule has 3 aliphatic rings. The molecule has 3 heterocycles. The van der Waals surface area contributed by atoms with Gasteiger partial charge in [0.05, 0.1) is 22.8 Å². The summed E-state index contributed by atoms with van der Waals surface area (Å²) in [5.74, 6) is -0.186. The van der Waals surface area contributed by atoms with Crippen LogP contribution in [0.4, 0.5) is 13.2 Å². The lowest BCUT2D eigenvalue weighted by Crippen LogP contribution is -2.58. The third-order valence-electron chi connectivity index (χ3n) is 6.45. The van der Waals surface area contributed by atoms with Gasteiger partial charge in [0.2, 0.25) is 0 Å². The topological polar surface area (TPSA) is 57.1 Å². The SMILES string of the molecule is CCC1(c2cccc(C(F)(F)F)c2)C2=CN=NC2NC2=C1C(=O)N(C)C(C)(C)C2. The fourth-order valence-electron chi connectivity index (χ4n) is 4.69. The Hall–Kier alpha value is -2.64. The number of carbonyl (C=O) groups is 1. The van der Waals surface area contributed by atoms with Crippen LogP contribution in [-0.2, 0) is 16.4 Å². The number of azo groups is 1. The van der Waals surface area contributed by atoms with Crippen LogP contribution in [0.3, 0.4) is 0 Å². The monoisotopic (exact) mass is 404 g/mol. The number of fused-ring (bicyclic) bond motifs is 1. The molecule has 4 rings (SSSR count). The van der Waals surface area contributed by atoms with Crippen molar-refractivity contribution in [3.63, 3.8) is 0 Å². The first kappa shape index (κ1) is 19.7. The van der Waals surface area contributed by atoms with Crippen LogP contribution in [0.25, 0.3) is 0 Å². The van der Waals surface area contributed by atoms with Gasteiger partial charge in [-0.1, -0.05) is 25.1 Å². The largest absolute Gasteiger partial charge is 0.416 e. The summed E-state index contributed by atoms with van der Waals surface area (Å²) in [6.45, 7) is 5.82. The van der Waals surface area contributed by atoms with Crippen LogP contribution in [0.1, 0.15) is 44.7 Å². The van der Waals surface area contributed by atoms with Crippen molar-refractivity contribution < 1.29 is 18.0 Å². The van der Waals surface area contributed by atoms with E-state index >= 15 is 0 Å². The Labute approximate surface area is 167 Å². The fraction of sp³-hybridized carbons (Fsp3) is 0.476. The number of hydrogen-bond donors (Lipinski definition) is 1.